The normalized spacial score (nSPS) is 40.4. The number of rotatable bonds is 2. The Balaban J connectivity index is 1.81. The van der Waals surface area contributed by atoms with Crippen LogP contribution in [0.5, 0.6) is 0 Å². The lowest BCUT2D eigenvalue weighted by atomic mass is 9.50. The lowest BCUT2D eigenvalue weighted by Crippen LogP contribution is -2.69. The summed E-state index contributed by atoms with van der Waals surface area (Å²) in [6.45, 7) is 4.44. The smallest absolute Gasteiger partial charge is 0.332 e. The molecule has 1 aliphatic carbocycles. The van der Waals surface area contributed by atoms with E-state index in [-0.39, 0.29) is 16.8 Å². The largest absolute Gasteiger partial charge is 0.467 e. The van der Waals surface area contributed by atoms with E-state index in [2.05, 4.69) is 30.0 Å². The summed E-state index contributed by atoms with van der Waals surface area (Å²) in [5.74, 6) is -0.347. The van der Waals surface area contributed by atoms with Gasteiger partial charge in [0.05, 0.1) is 23.9 Å². The van der Waals surface area contributed by atoms with Crippen LogP contribution in [0.15, 0.2) is 29.3 Å². The molecule has 4 atom stereocenters. The molecule has 4 aliphatic rings. The first kappa shape index (κ1) is 16.8. The van der Waals surface area contributed by atoms with E-state index in [4.69, 9.17) is 21.3 Å². The number of nitrogens with zero attached hydrogens (tertiary/aromatic N) is 2. The maximum Gasteiger partial charge on any atom is 0.332 e. The van der Waals surface area contributed by atoms with Gasteiger partial charge in [-0.15, -0.1) is 0 Å². The number of aliphatic imine (C=N–C) groups is 1. The van der Waals surface area contributed by atoms with Gasteiger partial charge in [0.1, 0.15) is 0 Å². The molecule has 0 aromatic heterocycles. The van der Waals surface area contributed by atoms with E-state index in [0.29, 0.717) is 12.5 Å². The quantitative estimate of drug-likeness (QED) is 0.585. The van der Waals surface area contributed by atoms with Crippen LogP contribution >= 0.6 is 11.6 Å². The molecule has 26 heavy (non-hydrogen) atoms. The number of hydrogen-bond donors (Lipinski definition) is 0. The number of ether oxygens (including phenoxy) is 1. The number of fused-ring (bicyclic) bond motifs is 1. The van der Waals surface area contributed by atoms with Crippen LogP contribution in [0, 0.1) is 5.41 Å². The van der Waals surface area contributed by atoms with Gasteiger partial charge in [0, 0.05) is 6.04 Å². The van der Waals surface area contributed by atoms with E-state index < -0.39 is 4.87 Å². The van der Waals surface area contributed by atoms with Gasteiger partial charge >= 0.3 is 5.97 Å². The van der Waals surface area contributed by atoms with Crippen molar-refractivity contribution in [1.82, 2.24) is 4.90 Å². The first-order valence-electron chi connectivity index (χ1n) is 9.72. The van der Waals surface area contributed by atoms with Crippen LogP contribution in [0.25, 0.3) is 0 Å². The number of esters is 1. The fourth-order valence-electron chi connectivity index (χ4n) is 6.67. The van der Waals surface area contributed by atoms with Crippen molar-refractivity contribution >= 4 is 29.0 Å². The number of methoxy groups -OCH3 is 1. The molecule has 3 fully saturated rings. The third-order valence-corrected chi connectivity index (χ3v) is 8.02. The number of halogens is 1. The van der Waals surface area contributed by atoms with Crippen LogP contribution in [-0.2, 0) is 14.9 Å². The van der Waals surface area contributed by atoms with Crippen LogP contribution in [-0.4, -0.2) is 47.7 Å². The number of benzene rings is 1. The number of alkyl halides is 1. The molecule has 0 unspecified atom stereocenters. The molecule has 5 heteroatoms. The molecular formula is C21H25ClN2O2. The standard InChI is InChI=1S/C21H25ClN2O2/c1-3-19-9-6-11-24-12-10-20(17(19)24)14-7-4-5-8-15(14)23-16(20)21(22,13-19)18(25)26-2/h4-5,7-8,17H,3,6,9-13H2,1-2H3/t17-,19-,20-,21+/m0/s1. The summed E-state index contributed by atoms with van der Waals surface area (Å²) in [5.41, 5.74) is 2.87. The Morgan fingerprint density at radius 2 is 2.15 bits per heavy atom. The van der Waals surface area contributed by atoms with Crippen molar-refractivity contribution in [3.05, 3.63) is 29.8 Å². The summed E-state index contributed by atoms with van der Waals surface area (Å²) >= 11 is 7.17. The molecule has 1 saturated carbocycles. The van der Waals surface area contributed by atoms with Crippen LogP contribution < -0.4 is 0 Å². The minimum Gasteiger partial charge on any atom is -0.467 e. The summed E-state index contributed by atoms with van der Waals surface area (Å²) in [7, 11) is 1.44. The summed E-state index contributed by atoms with van der Waals surface area (Å²) in [6.07, 6.45) is 4.92. The SMILES string of the molecule is CC[C@]12CCCN3CC[C@]4(C(=Nc5ccccc54)[C@@](Cl)(C(=O)OC)C1)[C@@H]32. The van der Waals surface area contributed by atoms with E-state index in [1.807, 2.05) is 6.07 Å². The molecular weight excluding hydrogens is 348 g/mol. The third kappa shape index (κ3) is 1.75. The number of carbonyl (C=O) groups is 1. The van der Waals surface area contributed by atoms with Crippen molar-refractivity contribution in [2.45, 2.75) is 55.4 Å². The van der Waals surface area contributed by atoms with Crippen molar-refractivity contribution in [3.63, 3.8) is 0 Å². The molecule has 0 bridgehead atoms. The second-order valence-electron chi connectivity index (χ2n) is 8.43. The Hall–Kier alpha value is -1.39. The zero-order valence-corrected chi connectivity index (χ0v) is 16.2. The van der Waals surface area contributed by atoms with Gasteiger partial charge < -0.3 is 4.74 Å². The number of piperidine rings is 1. The molecule has 3 heterocycles. The van der Waals surface area contributed by atoms with Gasteiger partial charge in [-0.1, -0.05) is 36.7 Å². The molecule has 5 rings (SSSR count). The van der Waals surface area contributed by atoms with Gasteiger partial charge in [0.15, 0.2) is 4.87 Å². The number of para-hydroxylation sites is 1. The summed E-state index contributed by atoms with van der Waals surface area (Å²) in [6, 6.07) is 8.75. The monoisotopic (exact) mass is 372 g/mol. The summed E-state index contributed by atoms with van der Waals surface area (Å²) < 4.78 is 5.21. The predicted molar refractivity (Wildman–Crippen MR) is 102 cm³/mol. The minimum absolute atomic E-state index is 0.0289. The fourth-order valence-corrected chi connectivity index (χ4v) is 7.22. The first-order valence-corrected chi connectivity index (χ1v) is 10.1. The Morgan fingerprint density at radius 3 is 2.92 bits per heavy atom. The van der Waals surface area contributed by atoms with Gasteiger partial charge in [-0.25, -0.2) is 4.79 Å². The average Bonchev–Trinajstić information content (AvgIpc) is 3.23. The first-order chi connectivity index (χ1) is 12.5. The molecule has 3 aliphatic heterocycles. The molecule has 1 spiro atoms. The highest BCUT2D eigenvalue weighted by atomic mass is 35.5. The summed E-state index contributed by atoms with van der Waals surface area (Å²) in [4.78, 5) is 19.4. The van der Waals surface area contributed by atoms with Crippen LogP contribution in [0.2, 0.25) is 0 Å². The Kier molecular flexibility index (Phi) is 3.43. The van der Waals surface area contributed by atoms with E-state index in [0.717, 1.165) is 43.8 Å². The van der Waals surface area contributed by atoms with Gasteiger partial charge in [-0.2, -0.15) is 0 Å². The lowest BCUT2D eigenvalue weighted by molar-refractivity contribution is -0.144. The zero-order chi connectivity index (χ0) is 18.2. The van der Waals surface area contributed by atoms with E-state index in [1.54, 1.807) is 0 Å². The number of carbonyl (C=O) groups excluding carboxylic acids is 1. The molecule has 0 radical (unpaired) electrons. The summed E-state index contributed by atoms with van der Waals surface area (Å²) in [5, 5.41) is 0. The molecule has 138 valence electrons. The van der Waals surface area contributed by atoms with Gasteiger partial charge in [-0.3, -0.25) is 9.89 Å². The molecule has 1 aromatic rings. The van der Waals surface area contributed by atoms with Crippen molar-refractivity contribution < 1.29 is 9.53 Å². The van der Waals surface area contributed by atoms with Crippen LogP contribution in [0.3, 0.4) is 0 Å². The maximum atomic E-state index is 12.9. The molecule has 1 aromatic carbocycles. The second kappa shape index (κ2) is 5.32. The van der Waals surface area contributed by atoms with Crippen molar-refractivity contribution in [3.8, 4) is 0 Å². The topological polar surface area (TPSA) is 41.9 Å². The Bertz CT molecular complexity index is 824. The second-order valence-corrected chi connectivity index (χ2v) is 9.07. The molecule has 4 nitrogen and oxygen atoms in total. The third-order valence-electron chi connectivity index (χ3n) is 7.55. The van der Waals surface area contributed by atoms with Gasteiger partial charge in [-0.05, 0) is 62.2 Å². The molecule has 0 amide bonds. The van der Waals surface area contributed by atoms with Crippen LogP contribution in [0.4, 0.5) is 5.69 Å². The average molecular weight is 373 g/mol. The van der Waals surface area contributed by atoms with Crippen molar-refractivity contribution in [2.24, 2.45) is 10.4 Å². The van der Waals surface area contributed by atoms with E-state index >= 15 is 0 Å². The van der Waals surface area contributed by atoms with Gasteiger partial charge in [0.2, 0.25) is 0 Å². The fraction of sp³-hybridized carbons (Fsp3) is 0.619. The highest BCUT2D eigenvalue weighted by Gasteiger charge is 2.72. The zero-order valence-electron chi connectivity index (χ0n) is 15.4. The Labute approximate surface area is 159 Å². The molecule has 2 saturated heterocycles. The van der Waals surface area contributed by atoms with Crippen LogP contribution in [0.1, 0.15) is 44.6 Å². The predicted octanol–water partition coefficient (Wildman–Crippen LogP) is 3.83. The van der Waals surface area contributed by atoms with E-state index in [1.165, 1.54) is 19.1 Å². The van der Waals surface area contributed by atoms with Crippen molar-refractivity contribution in [2.75, 3.05) is 20.2 Å². The molecule has 0 N–H and O–H groups in total. The highest BCUT2D eigenvalue weighted by molar-refractivity contribution is 6.49. The minimum atomic E-state index is -1.16. The number of hydrogen-bond acceptors (Lipinski definition) is 4. The lowest BCUT2D eigenvalue weighted by Gasteiger charge is -2.59. The van der Waals surface area contributed by atoms with Gasteiger partial charge in [0.25, 0.3) is 0 Å². The van der Waals surface area contributed by atoms with E-state index in [9.17, 15) is 4.79 Å². The Morgan fingerprint density at radius 1 is 1.35 bits per heavy atom. The highest BCUT2D eigenvalue weighted by Crippen LogP contribution is 2.66. The maximum absolute atomic E-state index is 12.9. The van der Waals surface area contributed by atoms with Crippen molar-refractivity contribution in [1.29, 1.82) is 0 Å².